The van der Waals surface area contributed by atoms with Gasteiger partial charge in [0.2, 0.25) is 0 Å². The number of aryl methyl sites for hydroxylation is 2. The summed E-state index contributed by atoms with van der Waals surface area (Å²) in [7, 11) is 0. The quantitative estimate of drug-likeness (QED) is 0.0641. The van der Waals surface area contributed by atoms with E-state index in [1.807, 2.05) is 0 Å². The van der Waals surface area contributed by atoms with Gasteiger partial charge in [-0.1, -0.05) is 199 Å². The Kier molecular flexibility index (Phi) is 16.3. The highest BCUT2D eigenvalue weighted by atomic mass is 16.5. The zero-order valence-electron chi connectivity index (χ0n) is 54.5. The molecule has 0 amide bonds. The van der Waals surface area contributed by atoms with Crippen molar-refractivity contribution in [2.45, 2.75) is 156 Å². The number of nitrogens with zero attached hydrogens (tertiary/aromatic N) is 3. The second-order valence-electron chi connectivity index (χ2n) is 26.2. The van der Waals surface area contributed by atoms with Gasteiger partial charge in [-0.05, 0) is 180 Å². The molecular weight excluding hydrogens is 1100 g/mol. The molecule has 13 aromatic rings. The van der Waals surface area contributed by atoms with E-state index in [1.54, 1.807) is 0 Å². The van der Waals surface area contributed by atoms with E-state index in [0.29, 0.717) is 0 Å². The highest BCUT2D eigenvalue weighted by Gasteiger charge is 2.48. The molecule has 4 atom stereocenters. The van der Waals surface area contributed by atoms with E-state index in [4.69, 9.17) is 14.2 Å². The van der Waals surface area contributed by atoms with Crippen molar-refractivity contribution < 1.29 is 14.2 Å². The maximum Gasteiger partial charge on any atom is 0.147 e. The van der Waals surface area contributed by atoms with E-state index < -0.39 is 22.2 Å². The average Bonchev–Trinajstić information content (AvgIpc) is 1.71. The minimum absolute atomic E-state index is 0.477. The molecule has 6 nitrogen and oxygen atoms in total. The SMILES string of the molecule is CCCCC(C)(Oc1ccc2c3ccc(C(C)(CC)C(C)(CCCC)Oc4c(C)cc(C(C)(CCCC)Oc5c(C)cccc5-n5c6ccccc6c6ccccc65)cc4-n4c5ccccc5c5ccccc54)cc3n(-c3ccccc3)c2c1)c1ccccc1. The summed E-state index contributed by atoms with van der Waals surface area (Å²) < 4.78 is 30.7. The highest BCUT2D eigenvalue weighted by Crippen LogP contribution is 2.51. The Morgan fingerprint density at radius 1 is 0.333 bits per heavy atom. The van der Waals surface area contributed by atoms with Crippen molar-refractivity contribution in [3.8, 4) is 34.3 Å². The molecule has 0 radical (unpaired) electrons. The van der Waals surface area contributed by atoms with E-state index in [-0.39, 0.29) is 0 Å². The monoisotopic (exact) mass is 1190 g/mol. The molecule has 13 rings (SSSR count). The van der Waals surface area contributed by atoms with Gasteiger partial charge in [0.15, 0.2) is 0 Å². The van der Waals surface area contributed by atoms with Crippen LogP contribution in [0.3, 0.4) is 0 Å². The van der Waals surface area contributed by atoms with E-state index in [2.05, 4.69) is 307 Å². The van der Waals surface area contributed by atoms with Gasteiger partial charge in [-0.25, -0.2) is 0 Å². The third-order valence-corrected chi connectivity index (χ3v) is 20.4. The van der Waals surface area contributed by atoms with Gasteiger partial charge in [-0.15, -0.1) is 0 Å². The molecule has 90 heavy (non-hydrogen) atoms. The van der Waals surface area contributed by atoms with Gasteiger partial charge in [0.1, 0.15) is 34.1 Å². The Hall–Kier alpha value is -9.00. The van der Waals surface area contributed by atoms with E-state index in [0.717, 1.165) is 148 Å². The maximum absolute atomic E-state index is 8.26. The molecule has 0 aliphatic rings. The zero-order chi connectivity index (χ0) is 62.4. The van der Waals surface area contributed by atoms with Crippen LogP contribution in [0.15, 0.2) is 224 Å². The third-order valence-electron chi connectivity index (χ3n) is 20.4. The van der Waals surface area contributed by atoms with Crippen molar-refractivity contribution in [3.63, 3.8) is 0 Å². The van der Waals surface area contributed by atoms with Gasteiger partial charge in [0.05, 0.1) is 44.5 Å². The first kappa shape index (κ1) is 59.9. The lowest BCUT2D eigenvalue weighted by Crippen LogP contribution is -2.52. The molecule has 0 saturated carbocycles. The summed E-state index contributed by atoms with van der Waals surface area (Å²) in [6, 6.07) is 82.3. The first-order valence-electron chi connectivity index (χ1n) is 33.2. The molecule has 10 aromatic carbocycles. The molecule has 0 aliphatic carbocycles. The number of para-hydroxylation sites is 6. The van der Waals surface area contributed by atoms with E-state index >= 15 is 0 Å². The highest BCUT2D eigenvalue weighted by molar-refractivity contribution is 6.11. The zero-order valence-corrected chi connectivity index (χ0v) is 54.5. The fraction of sp³-hybridized carbons (Fsp3) is 0.286. The summed E-state index contributed by atoms with van der Waals surface area (Å²) >= 11 is 0. The summed E-state index contributed by atoms with van der Waals surface area (Å²) in [5, 5.41) is 7.26. The van der Waals surface area contributed by atoms with Gasteiger partial charge in [0, 0.05) is 49.5 Å². The Morgan fingerprint density at radius 3 is 1.36 bits per heavy atom. The number of unbranched alkanes of at least 4 members (excludes halogenated alkanes) is 3. The van der Waals surface area contributed by atoms with Crippen LogP contribution in [0.5, 0.6) is 17.2 Å². The van der Waals surface area contributed by atoms with E-state index in [1.165, 1.54) is 43.4 Å². The van der Waals surface area contributed by atoms with Crippen LogP contribution < -0.4 is 14.2 Å². The van der Waals surface area contributed by atoms with Crippen molar-refractivity contribution in [2.24, 2.45) is 0 Å². The number of ether oxygens (including phenoxy) is 3. The molecule has 3 heterocycles. The van der Waals surface area contributed by atoms with Crippen LogP contribution in [-0.4, -0.2) is 19.3 Å². The number of hydrogen-bond donors (Lipinski definition) is 0. The van der Waals surface area contributed by atoms with E-state index in [9.17, 15) is 0 Å². The molecule has 0 aliphatic heterocycles. The lowest BCUT2D eigenvalue weighted by Gasteiger charge is -2.47. The summed E-state index contributed by atoms with van der Waals surface area (Å²) in [4.78, 5) is 0. The van der Waals surface area contributed by atoms with Crippen LogP contribution >= 0.6 is 0 Å². The van der Waals surface area contributed by atoms with Crippen molar-refractivity contribution in [2.75, 3.05) is 0 Å². The van der Waals surface area contributed by atoms with Gasteiger partial charge in [-0.3, -0.25) is 0 Å². The predicted octanol–water partition coefficient (Wildman–Crippen LogP) is 23.3. The molecule has 0 saturated heterocycles. The van der Waals surface area contributed by atoms with Gasteiger partial charge in [0.25, 0.3) is 0 Å². The van der Waals surface area contributed by atoms with Gasteiger partial charge >= 0.3 is 0 Å². The molecule has 456 valence electrons. The molecule has 0 fully saturated rings. The Bertz CT molecular complexity index is 4640. The standard InChI is InChI=1S/C84H87N3O3/c1-11-15-51-82(8,60-34-20-18-21-35-60)88-64-48-50-70-69-49-47-61(55-76(69)85(77(70)57-64)63-36-22-19-23-37-63)81(7,14-4)84(10,53-17-13-3)90-80-59(6)54-62(56-78(80)87-73-44-30-26-40-67(73)68-41-27-31-45-74(68)87)83(9,52-16-12-2)89-79-58(5)33-32-46-75(79)86-71-42-28-24-38-65(71)66-39-25-29-43-72(66)86/h18-50,54-57H,11-17,51-53H2,1-10H3. The molecular formula is C84H87N3O3. The molecule has 0 N–H and O–H groups in total. The first-order valence-corrected chi connectivity index (χ1v) is 33.2. The lowest BCUT2D eigenvalue weighted by atomic mass is 9.65. The van der Waals surface area contributed by atoms with Gasteiger partial charge < -0.3 is 27.9 Å². The summed E-state index contributed by atoms with van der Waals surface area (Å²) in [6.45, 7) is 23.1. The van der Waals surface area contributed by atoms with Crippen LogP contribution in [-0.2, 0) is 16.6 Å². The normalized spacial score (nSPS) is 14.7. The average molecular weight is 1190 g/mol. The smallest absolute Gasteiger partial charge is 0.147 e. The minimum Gasteiger partial charge on any atom is -0.484 e. The van der Waals surface area contributed by atoms with Crippen LogP contribution in [0.25, 0.3) is 82.5 Å². The van der Waals surface area contributed by atoms with Crippen LogP contribution in [0.4, 0.5) is 0 Å². The number of fused-ring (bicyclic) bond motifs is 9. The van der Waals surface area contributed by atoms with Crippen LogP contribution in [0.1, 0.15) is 147 Å². The second kappa shape index (κ2) is 24.4. The molecule has 0 spiro atoms. The van der Waals surface area contributed by atoms with Crippen LogP contribution in [0, 0.1) is 13.8 Å². The van der Waals surface area contributed by atoms with Gasteiger partial charge in [-0.2, -0.15) is 0 Å². The van der Waals surface area contributed by atoms with Crippen molar-refractivity contribution in [1.82, 2.24) is 13.7 Å². The molecule has 3 aromatic heterocycles. The molecule has 6 heteroatoms. The lowest BCUT2D eigenvalue weighted by molar-refractivity contribution is -0.00358. The Balaban J connectivity index is 0.979. The third kappa shape index (κ3) is 10.4. The van der Waals surface area contributed by atoms with Crippen LogP contribution in [0.2, 0.25) is 0 Å². The topological polar surface area (TPSA) is 42.5 Å². The largest absolute Gasteiger partial charge is 0.484 e. The number of benzene rings is 10. The van der Waals surface area contributed by atoms with Crippen molar-refractivity contribution in [1.29, 1.82) is 0 Å². The first-order chi connectivity index (χ1) is 43.7. The number of hydrogen-bond acceptors (Lipinski definition) is 3. The Morgan fingerprint density at radius 2 is 0.800 bits per heavy atom. The fourth-order valence-electron chi connectivity index (χ4n) is 14.8. The molecule has 4 unspecified atom stereocenters. The molecule has 0 bridgehead atoms. The predicted molar refractivity (Wildman–Crippen MR) is 379 cm³/mol. The summed E-state index contributed by atoms with van der Waals surface area (Å²) in [6.07, 6.45) is 9.61. The summed E-state index contributed by atoms with van der Waals surface area (Å²) in [5.74, 6) is 2.63. The van der Waals surface area contributed by atoms with Crippen molar-refractivity contribution >= 4 is 65.4 Å². The number of rotatable bonds is 23. The van der Waals surface area contributed by atoms with Crippen molar-refractivity contribution in [3.05, 3.63) is 252 Å². The summed E-state index contributed by atoms with van der Waals surface area (Å²) in [5.41, 5.74) is 13.3. The maximum atomic E-state index is 8.26. The second-order valence-corrected chi connectivity index (χ2v) is 26.2. The Labute approximate surface area is 532 Å². The fourth-order valence-corrected chi connectivity index (χ4v) is 14.8. The number of aromatic nitrogens is 3. The minimum atomic E-state index is -0.758.